The van der Waals surface area contributed by atoms with Crippen molar-refractivity contribution in [3.63, 3.8) is 0 Å². The average Bonchev–Trinajstić information content (AvgIpc) is 2.38. The Bertz CT molecular complexity index is 795. The van der Waals surface area contributed by atoms with Crippen molar-refractivity contribution in [3.05, 3.63) is 42.5 Å². The van der Waals surface area contributed by atoms with Crippen LogP contribution in [0.3, 0.4) is 0 Å². The third kappa shape index (κ3) is 1.75. The lowest BCUT2D eigenvalue weighted by Crippen LogP contribution is -2.00. The van der Waals surface area contributed by atoms with Gasteiger partial charge in [0, 0.05) is 10.8 Å². The molecule has 0 saturated heterocycles. The van der Waals surface area contributed by atoms with Gasteiger partial charge in [-0.2, -0.15) is 0 Å². The fourth-order valence-corrected chi connectivity index (χ4v) is 4.13. The molecule has 0 fully saturated rings. The lowest BCUT2D eigenvalue weighted by Gasteiger charge is -2.02. The molecule has 1 aromatic heterocycles. The monoisotopic (exact) mass is 279 g/mol. The van der Waals surface area contributed by atoms with Gasteiger partial charge in [0.25, 0.3) is 5.12 Å². The normalized spacial score (nSPS) is 12.5. The zero-order chi connectivity index (χ0) is 12.7. The molecule has 3 rings (SSSR count). The van der Waals surface area contributed by atoms with Crippen molar-refractivity contribution >= 4 is 42.8 Å². The smallest absolute Gasteiger partial charge is 0.346 e. The molecule has 1 atom stereocenters. The maximum absolute atomic E-state index is 12.1. The number of rotatable bonds is 1. The van der Waals surface area contributed by atoms with Crippen molar-refractivity contribution in [1.82, 2.24) is 0 Å². The van der Waals surface area contributed by atoms with Crippen LogP contribution in [-0.4, -0.2) is 9.79 Å². The number of hydrogen-bond donors (Lipinski definition) is 2. The maximum atomic E-state index is 12.1. The molecule has 6 heteroatoms. The van der Waals surface area contributed by atoms with E-state index in [4.69, 9.17) is 4.20 Å². The van der Waals surface area contributed by atoms with Crippen LogP contribution in [0.4, 0.5) is 0 Å². The molecule has 2 aromatic carbocycles. The summed E-state index contributed by atoms with van der Waals surface area (Å²) in [7, 11) is -4.39. The summed E-state index contributed by atoms with van der Waals surface area (Å²) in [6.07, 6.45) is 0. The van der Waals surface area contributed by atoms with Crippen LogP contribution in [0.2, 0.25) is 0 Å². The molecular formula is C12H9O4P2+. The molecule has 0 aliphatic heterocycles. The fraction of sp³-hybridized carbons (Fsp3) is 0. The Kier molecular flexibility index (Phi) is 2.89. The van der Waals surface area contributed by atoms with Gasteiger partial charge in [0.1, 0.15) is 0 Å². The quantitative estimate of drug-likeness (QED) is 0.530. The number of benzene rings is 2. The van der Waals surface area contributed by atoms with Crippen LogP contribution in [0, 0.1) is 0 Å². The maximum Gasteiger partial charge on any atom is 0.598 e. The first-order valence-electron chi connectivity index (χ1n) is 5.24. The molecule has 1 heterocycles. The number of fused-ring (bicyclic) bond motifs is 3. The number of hydrogen-bond acceptors (Lipinski definition) is 4. The summed E-state index contributed by atoms with van der Waals surface area (Å²) < 4.78 is 17.4. The zero-order valence-electron chi connectivity index (χ0n) is 9.15. The van der Waals surface area contributed by atoms with Gasteiger partial charge in [0.15, 0.2) is 5.58 Å². The van der Waals surface area contributed by atoms with Crippen LogP contribution in [0.15, 0.2) is 46.7 Å². The van der Waals surface area contributed by atoms with Crippen molar-refractivity contribution in [2.24, 2.45) is 0 Å². The van der Waals surface area contributed by atoms with Crippen LogP contribution in [-0.2, 0) is 4.57 Å². The van der Waals surface area contributed by atoms with Gasteiger partial charge in [-0.3, -0.25) is 0 Å². The van der Waals surface area contributed by atoms with Crippen molar-refractivity contribution in [2.45, 2.75) is 0 Å². The molecule has 0 radical (unpaired) electrons. The molecule has 0 amide bonds. The largest absolute Gasteiger partial charge is 0.598 e. The Labute approximate surface area is 104 Å². The van der Waals surface area contributed by atoms with E-state index < -0.39 is 16.0 Å². The summed E-state index contributed by atoms with van der Waals surface area (Å²) in [6.45, 7) is 0. The van der Waals surface area contributed by atoms with Gasteiger partial charge < -0.3 is 9.79 Å². The second kappa shape index (κ2) is 4.42. The summed E-state index contributed by atoms with van der Waals surface area (Å²) >= 11 is 0. The first-order chi connectivity index (χ1) is 8.68. The molecule has 0 bridgehead atoms. The molecule has 18 heavy (non-hydrogen) atoms. The summed E-state index contributed by atoms with van der Waals surface area (Å²) in [5.41, 5.74) is 0.559. The van der Waals surface area contributed by atoms with E-state index in [1.807, 2.05) is 24.3 Å². The first kappa shape index (κ1) is 11.8. The molecule has 3 aromatic rings. The minimum atomic E-state index is -2.29. The van der Waals surface area contributed by atoms with Crippen molar-refractivity contribution in [3.8, 4) is 0 Å². The van der Waals surface area contributed by atoms with Gasteiger partial charge in [-0.15, -0.1) is 0 Å². The SMILES string of the molecule is O=[p+]1oc2ccccc2c2cccc(P(O)O)c21. The summed E-state index contributed by atoms with van der Waals surface area (Å²) in [4.78, 5) is 18.8. The Hall–Kier alpha value is -1.31. The Morgan fingerprint density at radius 2 is 1.72 bits per heavy atom. The molecule has 1 unspecified atom stereocenters. The van der Waals surface area contributed by atoms with Gasteiger partial charge in [0.2, 0.25) is 8.38 Å². The van der Waals surface area contributed by atoms with Gasteiger partial charge in [-0.1, -0.05) is 24.3 Å². The highest BCUT2D eigenvalue weighted by atomic mass is 31.2. The third-order valence-electron chi connectivity index (χ3n) is 2.77. The molecule has 2 N–H and O–H groups in total. The van der Waals surface area contributed by atoms with Crippen LogP contribution in [0.25, 0.3) is 21.5 Å². The van der Waals surface area contributed by atoms with E-state index in [1.165, 1.54) is 0 Å². The first-order valence-corrected chi connectivity index (χ1v) is 7.66. The summed E-state index contributed by atoms with van der Waals surface area (Å²) in [5.74, 6) is 0. The van der Waals surface area contributed by atoms with Crippen molar-refractivity contribution < 1.29 is 18.5 Å². The second-order valence-electron chi connectivity index (χ2n) is 3.81. The predicted molar refractivity (Wildman–Crippen MR) is 72.3 cm³/mol. The van der Waals surface area contributed by atoms with Crippen LogP contribution >= 0.6 is 16.0 Å². The molecule has 0 aliphatic carbocycles. The highest BCUT2D eigenvalue weighted by Crippen LogP contribution is 2.38. The topological polar surface area (TPSA) is 70.7 Å². The Balaban J connectivity index is 2.60. The van der Waals surface area contributed by atoms with Crippen molar-refractivity contribution in [2.75, 3.05) is 0 Å². The second-order valence-corrected chi connectivity index (χ2v) is 6.01. The predicted octanol–water partition coefficient (Wildman–Crippen LogP) is 3.25. The van der Waals surface area contributed by atoms with E-state index >= 15 is 0 Å². The van der Waals surface area contributed by atoms with E-state index in [2.05, 4.69) is 0 Å². The van der Waals surface area contributed by atoms with Crippen LogP contribution in [0.1, 0.15) is 0 Å². The average molecular weight is 279 g/mol. The Morgan fingerprint density at radius 3 is 2.50 bits per heavy atom. The van der Waals surface area contributed by atoms with Crippen molar-refractivity contribution in [1.29, 1.82) is 0 Å². The summed E-state index contributed by atoms with van der Waals surface area (Å²) in [5, 5.41) is 2.24. The fourth-order valence-electron chi connectivity index (χ4n) is 2.01. The molecule has 4 nitrogen and oxygen atoms in total. The molecular weight excluding hydrogens is 270 g/mol. The highest BCUT2D eigenvalue weighted by molar-refractivity contribution is 7.56. The molecule has 90 valence electrons. The van der Waals surface area contributed by atoms with E-state index in [-0.39, 0.29) is 5.30 Å². The molecule has 0 aliphatic rings. The zero-order valence-corrected chi connectivity index (χ0v) is 10.9. The summed E-state index contributed by atoms with van der Waals surface area (Å²) in [6, 6.07) is 12.4. The van der Waals surface area contributed by atoms with Gasteiger partial charge in [-0.25, -0.2) is 4.20 Å². The highest BCUT2D eigenvalue weighted by Gasteiger charge is 2.23. The lowest BCUT2D eigenvalue weighted by atomic mass is 10.1. The Morgan fingerprint density at radius 1 is 1.00 bits per heavy atom. The van der Waals surface area contributed by atoms with Crippen LogP contribution < -0.4 is 5.30 Å². The van der Waals surface area contributed by atoms with E-state index in [0.717, 1.165) is 10.8 Å². The molecule has 0 saturated carbocycles. The van der Waals surface area contributed by atoms with E-state index in [1.54, 1.807) is 18.2 Å². The lowest BCUT2D eigenvalue weighted by molar-refractivity contribution is 0.497. The van der Waals surface area contributed by atoms with E-state index in [0.29, 0.717) is 10.7 Å². The van der Waals surface area contributed by atoms with Gasteiger partial charge >= 0.3 is 7.65 Å². The number of para-hydroxylation sites is 1. The van der Waals surface area contributed by atoms with Crippen LogP contribution in [0.5, 0.6) is 0 Å². The van der Waals surface area contributed by atoms with E-state index in [9.17, 15) is 14.4 Å². The minimum absolute atomic E-state index is 0.290. The minimum Gasteiger partial charge on any atom is -0.346 e. The standard InChI is InChI=1S/C12H9O4P2/c13-17(14)11-7-3-5-9-8-4-1-2-6-10(8)16-18(15)12(9)11/h1-7,13-14H/q+1. The third-order valence-corrected chi connectivity index (χ3v) is 4.96. The van der Waals surface area contributed by atoms with Gasteiger partial charge in [0.05, 0.1) is 5.30 Å². The molecule has 0 spiro atoms. The van der Waals surface area contributed by atoms with Gasteiger partial charge in [-0.05, 0) is 22.8 Å².